The summed E-state index contributed by atoms with van der Waals surface area (Å²) in [5, 5.41) is 8.75. The van der Waals surface area contributed by atoms with Crippen LogP contribution in [0, 0.1) is 0 Å². The molecule has 0 radical (unpaired) electrons. The van der Waals surface area contributed by atoms with Crippen molar-refractivity contribution in [3.8, 4) is 0 Å². The van der Waals surface area contributed by atoms with Crippen LogP contribution < -0.4 is 0 Å². The van der Waals surface area contributed by atoms with Gasteiger partial charge in [0.2, 0.25) is 0 Å². The number of carbonyl (C=O) groups is 1. The minimum absolute atomic E-state index is 0.105. The van der Waals surface area contributed by atoms with Gasteiger partial charge in [0, 0.05) is 38.8 Å². The highest BCUT2D eigenvalue weighted by Gasteiger charge is 2.18. The Morgan fingerprint density at radius 3 is 2.15 bits per heavy atom. The van der Waals surface area contributed by atoms with Gasteiger partial charge in [0.15, 0.2) is 0 Å². The molecule has 1 fully saturated rings. The Balaban J connectivity index is 1.83. The smallest absolute Gasteiger partial charge is 0.307 e. The van der Waals surface area contributed by atoms with E-state index in [1.54, 1.807) is 0 Å². The average molecular weight is 276 g/mol. The van der Waals surface area contributed by atoms with Gasteiger partial charge in [0.1, 0.15) is 0 Å². The Bertz CT molecular complexity index is 434. The molecule has 0 amide bonds. The van der Waals surface area contributed by atoms with E-state index >= 15 is 0 Å². The molecule has 0 aromatic heterocycles. The fourth-order valence-electron chi connectivity index (χ4n) is 2.63. The molecule has 1 saturated heterocycles. The highest BCUT2D eigenvalue weighted by Crippen LogP contribution is 2.12. The predicted octanol–water partition coefficient (Wildman–Crippen LogP) is 1.84. The molecule has 4 nitrogen and oxygen atoms in total. The van der Waals surface area contributed by atoms with Crippen LogP contribution in [0.5, 0.6) is 0 Å². The van der Waals surface area contributed by atoms with Gasteiger partial charge in [0.05, 0.1) is 6.42 Å². The van der Waals surface area contributed by atoms with Crippen molar-refractivity contribution < 1.29 is 9.90 Å². The van der Waals surface area contributed by atoms with E-state index in [0.717, 1.165) is 38.3 Å². The van der Waals surface area contributed by atoms with Crippen molar-refractivity contribution in [2.75, 3.05) is 26.2 Å². The summed E-state index contributed by atoms with van der Waals surface area (Å²) >= 11 is 0. The van der Waals surface area contributed by atoms with E-state index < -0.39 is 5.97 Å². The summed E-state index contributed by atoms with van der Waals surface area (Å²) in [7, 11) is 0. The summed E-state index contributed by atoms with van der Waals surface area (Å²) in [4.78, 5) is 15.6. The summed E-state index contributed by atoms with van der Waals surface area (Å²) in [6.45, 7) is 9.93. The molecule has 1 aromatic rings. The van der Waals surface area contributed by atoms with Crippen LogP contribution in [0.1, 0.15) is 25.0 Å². The molecule has 4 heteroatoms. The van der Waals surface area contributed by atoms with Gasteiger partial charge in [-0.3, -0.25) is 14.6 Å². The van der Waals surface area contributed by atoms with Crippen molar-refractivity contribution in [1.29, 1.82) is 0 Å². The molecule has 1 heterocycles. The Hall–Kier alpha value is -1.39. The van der Waals surface area contributed by atoms with Crippen LogP contribution in [0.4, 0.5) is 0 Å². The monoisotopic (exact) mass is 276 g/mol. The minimum atomic E-state index is -0.775. The molecule has 110 valence electrons. The van der Waals surface area contributed by atoms with Crippen LogP contribution in [0.2, 0.25) is 0 Å². The molecule has 0 aliphatic carbocycles. The molecule has 0 saturated carbocycles. The maximum Gasteiger partial charge on any atom is 0.307 e. The first kappa shape index (κ1) is 15.0. The van der Waals surface area contributed by atoms with Crippen LogP contribution >= 0.6 is 0 Å². The second kappa shape index (κ2) is 6.86. The largest absolute Gasteiger partial charge is 0.481 e. The van der Waals surface area contributed by atoms with Crippen LogP contribution in [0.3, 0.4) is 0 Å². The lowest BCUT2D eigenvalue weighted by Crippen LogP contribution is -2.48. The quantitative estimate of drug-likeness (QED) is 0.891. The molecule has 1 aromatic carbocycles. The van der Waals surface area contributed by atoms with Crippen LogP contribution in [0.15, 0.2) is 24.3 Å². The second-order valence-electron chi connectivity index (χ2n) is 5.79. The zero-order valence-electron chi connectivity index (χ0n) is 12.4. The Kier molecular flexibility index (Phi) is 5.15. The number of rotatable bonds is 5. The summed E-state index contributed by atoms with van der Waals surface area (Å²) in [6.07, 6.45) is 0.105. The normalized spacial score (nSPS) is 17.6. The van der Waals surface area contributed by atoms with Crippen LogP contribution in [-0.4, -0.2) is 53.1 Å². The topological polar surface area (TPSA) is 43.8 Å². The van der Waals surface area contributed by atoms with Gasteiger partial charge >= 0.3 is 5.97 Å². The molecule has 0 unspecified atom stereocenters. The third-order valence-electron chi connectivity index (χ3n) is 3.92. The van der Waals surface area contributed by atoms with Crippen molar-refractivity contribution in [2.24, 2.45) is 0 Å². The van der Waals surface area contributed by atoms with Gasteiger partial charge < -0.3 is 5.11 Å². The maximum atomic E-state index is 10.6. The second-order valence-corrected chi connectivity index (χ2v) is 5.79. The average Bonchev–Trinajstić information content (AvgIpc) is 2.41. The van der Waals surface area contributed by atoms with Gasteiger partial charge in [-0.2, -0.15) is 0 Å². The number of carboxylic acids is 1. The lowest BCUT2D eigenvalue weighted by Gasteiger charge is -2.36. The Morgan fingerprint density at radius 1 is 1.10 bits per heavy atom. The summed E-state index contributed by atoms with van der Waals surface area (Å²) in [5.41, 5.74) is 2.13. The molecule has 1 aliphatic rings. The first-order chi connectivity index (χ1) is 9.54. The third-order valence-corrected chi connectivity index (χ3v) is 3.92. The van der Waals surface area contributed by atoms with E-state index in [9.17, 15) is 4.79 Å². The van der Waals surface area contributed by atoms with Gasteiger partial charge in [-0.15, -0.1) is 0 Å². The zero-order valence-corrected chi connectivity index (χ0v) is 12.4. The van der Waals surface area contributed by atoms with E-state index in [0.29, 0.717) is 6.04 Å². The van der Waals surface area contributed by atoms with Gasteiger partial charge in [0.25, 0.3) is 0 Å². The molecule has 0 atom stereocenters. The molecule has 0 bridgehead atoms. The predicted molar refractivity (Wildman–Crippen MR) is 79.8 cm³/mol. The number of hydrogen-bond donors (Lipinski definition) is 1. The number of carboxylic acid groups (broad SMARTS) is 1. The van der Waals surface area contributed by atoms with Crippen LogP contribution in [-0.2, 0) is 17.8 Å². The Labute approximate surface area is 121 Å². The SMILES string of the molecule is CC(C)N1CCN(Cc2ccc(CC(=O)O)cc2)CC1. The van der Waals surface area contributed by atoms with Crippen LogP contribution in [0.25, 0.3) is 0 Å². The minimum Gasteiger partial charge on any atom is -0.481 e. The molecule has 2 rings (SSSR count). The molecule has 20 heavy (non-hydrogen) atoms. The van der Waals surface area contributed by atoms with Gasteiger partial charge in [-0.25, -0.2) is 0 Å². The van der Waals surface area contributed by atoms with Crippen molar-refractivity contribution in [2.45, 2.75) is 32.9 Å². The van der Waals surface area contributed by atoms with Crippen molar-refractivity contribution in [1.82, 2.24) is 9.80 Å². The first-order valence-electron chi connectivity index (χ1n) is 7.30. The molecular formula is C16H24N2O2. The first-order valence-corrected chi connectivity index (χ1v) is 7.30. The van der Waals surface area contributed by atoms with E-state index in [1.807, 2.05) is 24.3 Å². The van der Waals surface area contributed by atoms with E-state index in [1.165, 1.54) is 5.56 Å². The molecule has 0 spiro atoms. The standard InChI is InChI=1S/C16H24N2O2/c1-13(2)18-9-7-17(8-10-18)12-15-5-3-14(4-6-15)11-16(19)20/h3-6,13H,7-12H2,1-2H3,(H,19,20). The highest BCUT2D eigenvalue weighted by molar-refractivity contribution is 5.70. The molecule has 1 N–H and O–H groups in total. The summed E-state index contributed by atoms with van der Waals surface area (Å²) in [6, 6.07) is 8.58. The van der Waals surface area contributed by atoms with Crippen molar-refractivity contribution >= 4 is 5.97 Å². The molecular weight excluding hydrogens is 252 g/mol. The van der Waals surface area contributed by atoms with Gasteiger partial charge in [-0.1, -0.05) is 24.3 Å². The lowest BCUT2D eigenvalue weighted by molar-refractivity contribution is -0.136. The zero-order chi connectivity index (χ0) is 14.5. The number of aliphatic carboxylic acids is 1. The van der Waals surface area contributed by atoms with E-state index in [4.69, 9.17) is 5.11 Å². The fourth-order valence-corrected chi connectivity index (χ4v) is 2.63. The fraction of sp³-hybridized carbons (Fsp3) is 0.562. The molecule has 1 aliphatic heterocycles. The third kappa shape index (κ3) is 4.32. The maximum absolute atomic E-state index is 10.6. The number of hydrogen-bond acceptors (Lipinski definition) is 3. The Morgan fingerprint density at radius 2 is 1.65 bits per heavy atom. The van der Waals surface area contributed by atoms with Crippen molar-refractivity contribution in [3.05, 3.63) is 35.4 Å². The number of nitrogens with zero attached hydrogens (tertiary/aromatic N) is 2. The summed E-state index contributed by atoms with van der Waals surface area (Å²) < 4.78 is 0. The lowest BCUT2D eigenvalue weighted by atomic mass is 10.1. The van der Waals surface area contributed by atoms with Crippen molar-refractivity contribution in [3.63, 3.8) is 0 Å². The van der Waals surface area contributed by atoms with E-state index in [2.05, 4.69) is 23.6 Å². The highest BCUT2D eigenvalue weighted by atomic mass is 16.4. The number of benzene rings is 1. The van der Waals surface area contributed by atoms with E-state index in [-0.39, 0.29) is 6.42 Å². The summed E-state index contributed by atoms with van der Waals surface area (Å²) in [5.74, 6) is -0.775. The number of piperazine rings is 1. The van der Waals surface area contributed by atoms with Gasteiger partial charge in [-0.05, 0) is 25.0 Å².